The first-order valence-electron chi connectivity index (χ1n) is 9.78. The van der Waals surface area contributed by atoms with Gasteiger partial charge in [0.15, 0.2) is 0 Å². The minimum Gasteiger partial charge on any atom is -0.481 e. The van der Waals surface area contributed by atoms with E-state index in [0.29, 0.717) is 6.42 Å². The molecule has 0 spiro atoms. The molecule has 0 fully saturated rings. The van der Waals surface area contributed by atoms with Gasteiger partial charge in [0.1, 0.15) is 0 Å². The maximum Gasteiger partial charge on any atom is 0.303 e. The predicted octanol–water partition coefficient (Wildman–Crippen LogP) is 6.82. The Kier molecular flexibility index (Phi) is 15.0. The smallest absolute Gasteiger partial charge is 0.303 e. The topological polar surface area (TPSA) is 37.3 Å². The molecule has 0 aromatic rings. The standard InChI is InChI=1S/C20H40O2/c1-4-5-6-11-14-18(2)17-19(3)15-12-9-7-8-10-13-16-20(21)22/h18-19H,4-17H2,1-3H3,(H,21,22). The van der Waals surface area contributed by atoms with Crippen LogP contribution in [0.1, 0.15) is 111 Å². The van der Waals surface area contributed by atoms with Gasteiger partial charge in [-0.15, -0.1) is 0 Å². The average molecular weight is 313 g/mol. The Morgan fingerprint density at radius 3 is 1.73 bits per heavy atom. The highest BCUT2D eigenvalue weighted by Crippen LogP contribution is 2.22. The minimum absolute atomic E-state index is 0.340. The van der Waals surface area contributed by atoms with Gasteiger partial charge in [0, 0.05) is 6.42 Å². The Morgan fingerprint density at radius 2 is 1.23 bits per heavy atom. The molecule has 2 heteroatoms. The zero-order valence-electron chi connectivity index (χ0n) is 15.4. The first-order chi connectivity index (χ1) is 10.6. The minimum atomic E-state index is -0.655. The summed E-state index contributed by atoms with van der Waals surface area (Å²) in [6.07, 6.45) is 17.2. The monoisotopic (exact) mass is 312 g/mol. The summed E-state index contributed by atoms with van der Waals surface area (Å²) in [5.74, 6) is 1.11. The predicted molar refractivity (Wildman–Crippen MR) is 96.3 cm³/mol. The first-order valence-corrected chi connectivity index (χ1v) is 9.78. The van der Waals surface area contributed by atoms with Gasteiger partial charge >= 0.3 is 5.97 Å². The van der Waals surface area contributed by atoms with Gasteiger partial charge in [-0.2, -0.15) is 0 Å². The van der Waals surface area contributed by atoms with Crippen molar-refractivity contribution >= 4 is 5.97 Å². The molecule has 0 aromatic carbocycles. The summed E-state index contributed by atoms with van der Waals surface area (Å²) < 4.78 is 0. The van der Waals surface area contributed by atoms with Gasteiger partial charge in [-0.3, -0.25) is 4.79 Å². The van der Waals surface area contributed by atoms with Gasteiger partial charge in [0.25, 0.3) is 0 Å². The molecule has 1 N–H and O–H groups in total. The summed E-state index contributed by atoms with van der Waals surface area (Å²) in [4.78, 5) is 10.4. The molecule has 2 nitrogen and oxygen atoms in total. The quantitative estimate of drug-likeness (QED) is 0.317. The number of hydrogen-bond donors (Lipinski definition) is 1. The molecule has 0 amide bonds. The zero-order valence-corrected chi connectivity index (χ0v) is 15.4. The summed E-state index contributed by atoms with van der Waals surface area (Å²) in [5.41, 5.74) is 0. The van der Waals surface area contributed by atoms with Crippen LogP contribution in [0.2, 0.25) is 0 Å². The van der Waals surface area contributed by atoms with Crippen LogP contribution < -0.4 is 0 Å². The van der Waals surface area contributed by atoms with Crippen LogP contribution in [0.3, 0.4) is 0 Å². The third-order valence-electron chi connectivity index (χ3n) is 4.69. The van der Waals surface area contributed by atoms with E-state index in [1.165, 1.54) is 70.6 Å². The van der Waals surface area contributed by atoms with Gasteiger partial charge in [-0.1, -0.05) is 91.4 Å². The lowest BCUT2D eigenvalue weighted by Gasteiger charge is -2.17. The molecule has 0 saturated carbocycles. The van der Waals surface area contributed by atoms with E-state index in [1.807, 2.05) is 0 Å². The lowest BCUT2D eigenvalue weighted by molar-refractivity contribution is -0.137. The molecule has 0 rings (SSSR count). The lowest BCUT2D eigenvalue weighted by atomic mass is 9.89. The van der Waals surface area contributed by atoms with Crippen molar-refractivity contribution in [2.24, 2.45) is 11.8 Å². The van der Waals surface area contributed by atoms with Crippen molar-refractivity contribution in [1.82, 2.24) is 0 Å². The molecule has 0 radical (unpaired) electrons. The molecule has 0 aromatic heterocycles. The number of rotatable bonds is 16. The second-order valence-corrected chi connectivity index (χ2v) is 7.35. The average Bonchev–Trinajstić information content (AvgIpc) is 2.46. The largest absolute Gasteiger partial charge is 0.481 e. The van der Waals surface area contributed by atoms with E-state index in [1.54, 1.807) is 0 Å². The van der Waals surface area contributed by atoms with Crippen molar-refractivity contribution in [3.8, 4) is 0 Å². The number of aliphatic carboxylic acids is 1. The van der Waals surface area contributed by atoms with Crippen molar-refractivity contribution in [2.45, 2.75) is 111 Å². The number of carbonyl (C=O) groups is 1. The summed E-state index contributed by atoms with van der Waals surface area (Å²) in [5, 5.41) is 8.57. The van der Waals surface area contributed by atoms with Crippen molar-refractivity contribution < 1.29 is 9.90 Å². The second kappa shape index (κ2) is 15.4. The van der Waals surface area contributed by atoms with Crippen LogP contribution in [-0.2, 0) is 4.79 Å². The molecule has 0 aliphatic heterocycles. The van der Waals surface area contributed by atoms with Crippen LogP contribution in [0.25, 0.3) is 0 Å². The normalized spacial score (nSPS) is 14.0. The van der Waals surface area contributed by atoms with Crippen molar-refractivity contribution in [3.05, 3.63) is 0 Å². The van der Waals surface area contributed by atoms with Crippen LogP contribution in [0.15, 0.2) is 0 Å². The Morgan fingerprint density at radius 1 is 0.773 bits per heavy atom. The van der Waals surface area contributed by atoms with E-state index >= 15 is 0 Å². The van der Waals surface area contributed by atoms with Gasteiger partial charge in [-0.05, 0) is 24.7 Å². The van der Waals surface area contributed by atoms with Crippen LogP contribution in [0, 0.1) is 11.8 Å². The van der Waals surface area contributed by atoms with E-state index in [2.05, 4.69) is 20.8 Å². The van der Waals surface area contributed by atoms with Crippen LogP contribution >= 0.6 is 0 Å². The zero-order chi connectivity index (χ0) is 16.6. The number of unbranched alkanes of at least 4 members (excludes halogenated alkanes) is 8. The summed E-state index contributed by atoms with van der Waals surface area (Å²) in [6.45, 7) is 7.11. The van der Waals surface area contributed by atoms with E-state index < -0.39 is 5.97 Å². The summed E-state index contributed by atoms with van der Waals surface area (Å²) in [6, 6.07) is 0. The van der Waals surface area contributed by atoms with Crippen LogP contribution in [0.4, 0.5) is 0 Å². The molecule has 0 bridgehead atoms. The van der Waals surface area contributed by atoms with Crippen molar-refractivity contribution in [3.63, 3.8) is 0 Å². The van der Waals surface area contributed by atoms with Gasteiger partial charge in [0.05, 0.1) is 0 Å². The van der Waals surface area contributed by atoms with Crippen molar-refractivity contribution in [2.75, 3.05) is 0 Å². The molecule has 0 aliphatic carbocycles. The lowest BCUT2D eigenvalue weighted by Crippen LogP contribution is -2.03. The molecule has 0 aliphatic rings. The number of carboxylic acid groups (broad SMARTS) is 1. The maximum atomic E-state index is 10.4. The number of carboxylic acids is 1. The fourth-order valence-electron chi connectivity index (χ4n) is 3.32. The SMILES string of the molecule is CCCCCCC(C)CC(C)CCCCCCCCC(=O)O. The molecule has 132 valence electrons. The fourth-order valence-corrected chi connectivity index (χ4v) is 3.32. The summed E-state index contributed by atoms with van der Waals surface area (Å²) >= 11 is 0. The van der Waals surface area contributed by atoms with Crippen molar-refractivity contribution in [1.29, 1.82) is 0 Å². The van der Waals surface area contributed by atoms with Gasteiger partial charge in [0.2, 0.25) is 0 Å². The van der Waals surface area contributed by atoms with E-state index in [0.717, 1.165) is 24.7 Å². The highest BCUT2D eigenvalue weighted by atomic mass is 16.4. The maximum absolute atomic E-state index is 10.4. The molecule has 2 atom stereocenters. The third-order valence-corrected chi connectivity index (χ3v) is 4.69. The van der Waals surface area contributed by atoms with Crippen LogP contribution in [0.5, 0.6) is 0 Å². The Labute approximate surface area is 139 Å². The van der Waals surface area contributed by atoms with Gasteiger partial charge < -0.3 is 5.11 Å². The highest BCUT2D eigenvalue weighted by molar-refractivity contribution is 5.66. The Balaban J connectivity index is 3.34. The van der Waals surface area contributed by atoms with E-state index in [4.69, 9.17) is 5.11 Å². The third kappa shape index (κ3) is 15.9. The van der Waals surface area contributed by atoms with Gasteiger partial charge in [-0.25, -0.2) is 0 Å². The van der Waals surface area contributed by atoms with E-state index in [-0.39, 0.29) is 0 Å². The molecule has 0 heterocycles. The summed E-state index contributed by atoms with van der Waals surface area (Å²) in [7, 11) is 0. The second-order valence-electron chi connectivity index (χ2n) is 7.35. The molecular formula is C20H40O2. The molecule has 2 unspecified atom stereocenters. The molecular weight excluding hydrogens is 272 g/mol. The Hall–Kier alpha value is -0.530. The molecule has 22 heavy (non-hydrogen) atoms. The fraction of sp³-hybridized carbons (Fsp3) is 0.950. The van der Waals surface area contributed by atoms with Crippen LogP contribution in [-0.4, -0.2) is 11.1 Å². The highest BCUT2D eigenvalue weighted by Gasteiger charge is 2.08. The first kappa shape index (κ1) is 21.5. The van der Waals surface area contributed by atoms with E-state index in [9.17, 15) is 4.79 Å². The molecule has 0 saturated heterocycles. The Bertz CT molecular complexity index is 250. The number of hydrogen-bond acceptors (Lipinski definition) is 1.